The highest BCUT2D eigenvalue weighted by Gasteiger charge is 2.23. The van der Waals surface area contributed by atoms with E-state index in [1.165, 1.54) is 12.3 Å². The monoisotopic (exact) mass is 411 g/mol. The van der Waals surface area contributed by atoms with Crippen LogP contribution in [0.3, 0.4) is 0 Å². The maximum Gasteiger partial charge on any atom is 0.287 e. The van der Waals surface area contributed by atoms with E-state index in [1.807, 2.05) is 18.7 Å². The van der Waals surface area contributed by atoms with Crippen LogP contribution < -0.4 is 4.90 Å². The van der Waals surface area contributed by atoms with Crippen molar-refractivity contribution in [3.05, 3.63) is 63.8 Å². The highest BCUT2D eigenvalue weighted by atomic mass is 16.6. The van der Waals surface area contributed by atoms with E-state index >= 15 is 0 Å². The number of carbonyl (C=O) groups excluding carboxylic acids is 2. The lowest BCUT2D eigenvalue weighted by Gasteiger charge is -2.35. The van der Waals surface area contributed by atoms with Crippen molar-refractivity contribution in [1.82, 2.24) is 14.8 Å². The van der Waals surface area contributed by atoms with Crippen LogP contribution in [0, 0.1) is 10.1 Å². The zero-order valence-electron chi connectivity index (χ0n) is 17.2. The third-order valence-electron chi connectivity index (χ3n) is 5.26. The summed E-state index contributed by atoms with van der Waals surface area (Å²) in [5.74, 6) is 0.545. The van der Waals surface area contributed by atoms with E-state index in [-0.39, 0.29) is 17.5 Å². The van der Waals surface area contributed by atoms with Crippen molar-refractivity contribution in [1.29, 1.82) is 0 Å². The Bertz CT molecular complexity index is 902. The molecule has 1 saturated heterocycles. The van der Waals surface area contributed by atoms with Crippen LogP contribution in [0.1, 0.15) is 34.6 Å². The number of nitro groups is 1. The number of anilines is 1. The smallest absolute Gasteiger partial charge is 0.287 e. The fourth-order valence-corrected chi connectivity index (χ4v) is 3.44. The molecule has 3 rings (SSSR count). The van der Waals surface area contributed by atoms with Crippen LogP contribution in [0.15, 0.2) is 42.6 Å². The van der Waals surface area contributed by atoms with Gasteiger partial charge in [-0.1, -0.05) is 0 Å². The van der Waals surface area contributed by atoms with Gasteiger partial charge in [0.2, 0.25) is 0 Å². The summed E-state index contributed by atoms with van der Waals surface area (Å²) in [6.07, 6.45) is 1.24. The number of hydrogen-bond acceptors (Lipinski definition) is 6. The fourth-order valence-electron chi connectivity index (χ4n) is 3.44. The molecule has 1 aromatic heterocycles. The van der Waals surface area contributed by atoms with Crippen molar-refractivity contribution in [2.45, 2.75) is 13.8 Å². The molecule has 2 heterocycles. The quantitative estimate of drug-likeness (QED) is 0.535. The molecule has 0 bridgehead atoms. The highest BCUT2D eigenvalue weighted by Crippen LogP contribution is 2.18. The van der Waals surface area contributed by atoms with Gasteiger partial charge in [-0.25, -0.2) is 4.98 Å². The van der Waals surface area contributed by atoms with Gasteiger partial charge in [-0.2, -0.15) is 0 Å². The average molecular weight is 411 g/mol. The molecule has 1 aliphatic heterocycles. The Balaban J connectivity index is 1.59. The minimum absolute atomic E-state index is 0.0387. The van der Waals surface area contributed by atoms with Gasteiger partial charge in [-0.05, 0) is 44.2 Å². The third kappa shape index (κ3) is 4.56. The first-order valence-corrected chi connectivity index (χ1v) is 9.98. The number of carbonyl (C=O) groups is 2. The van der Waals surface area contributed by atoms with Crippen LogP contribution in [0.25, 0.3) is 0 Å². The average Bonchev–Trinajstić information content (AvgIpc) is 2.79. The molecule has 9 heteroatoms. The molecule has 1 aromatic carbocycles. The van der Waals surface area contributed by atoms with E-state index in [2.05, 4.69) is 4.98 Å². The molecule has 9 nitrogen and oxygen atoms in total. The minimum atomic E-state index is -0.478. The number of piperazine rings is 1. The largest absolute Gasteiger partial charge is 0.353 e. The van der Waals surface area contributed by atoms with Crippen molar-refractivity contribution < 1.29 is 14.5 Å². The van der Waals surface area contributed by atoms with Gasteiger partial charge in [0.15, 0.2) is 0 Å². The fraction of sp³-hybridized carbons (Fsp3) is 0.381. The number of rotatable bonds is 6. The summed E-state index contributed by atoms with van der Waals surface area (Å²) in [6.45, 7) is 7.39. The Hall–Kier alpha value is -3.49. The third-order valence-corrected chi connectivity index (χ3v) is 5.26. The first kappa shape index (κ1) is 21.2. The number of pyridine rings is 1. The van der Waals surface area contributed by atoms with E-state index in [4.69, 9.17) is 0 Å². The van der Waals surface area contributed by atoms with Crippen molar-refractivity contribution in [2.24, 2.45) is 0 Å². The first-order valence-electron chi connectivity index (χ1n) is 9.98. The van der Waals surface area contributed by atoms with Crippen molar-refractivity contribution in [3.8, 4) is 0 Å². The first-order chi connectivity index (χ1) is 14.4. The summed E-state index contributed by atoms with van der Waals surface area (Å²) < 4.78 is 0. The molecule has 0 atom stereocenters. The highest BCUT2D eigenvalue weighted by molar-refractivity contribution is 5.98. The topological polar surface area (TPSA) is 99.9 Å². The Labute approximate surface area is 175 Å². The number of aromatic nitrogens is 1. The molecule has 0 N–H and O–H groups in total. The van der Waals surface area contributed by atoms with E-state index in [9.17, 15) is 19.7 Å². The standard InChI is InChI=1S/C21H25N5O4/c1-3-23(4-2)20(27)16-5-7-17(8-6-16)21(28)25-13-11-24(12-14-25)19-10-9-18(15-22-19)26(29)30/h5-10,15H,3-4,11-14H2,1-2H3. The predicted octanol–water partition coefficient (Wildman–Crippen LogP) is 2.43. The number of benzene rings is 1. The summed E-state index contributed by atoms with van der Waals surface area (Å²) in [7, 11) is 0. The van der Waals surface area contributed by atoms with E-state index in [0.717, 1.165) is 0 Å². The Morgan fingerprint density at radius 1 is 1.00 bits per heavy atom. The van der Waals surface area contributed by atoms with Crippen molar-refractivity contribution in [3.63, 3.8) is 0 Å². The zero-order chi connectivity index (χ0) is 21.7. The van der Waals surface area contributed by atoms with Crippen LogP contribution in [0.4, 0.5) is 11.5 Å². The van der Waals surface area contributed by atoms with Gasteiger partial charge in [0.05, 0.1) is 4.92 Å². The van der Waals surface area contributed by atoms with Crippen LogP contribution in [0.2, 0.25) is 0 Å². The second-order valence-corrected chi connectivity index (χ2v) is 6.97. The molecule has 158 valence electrons. The van der Waals surface area contributed by atoms with Gasteiger partial charge in [0.25, 0.3) is 17.5 Å². The van der Waals surface area contributed by atoms with Gasteiger partial charge in [0.1, 0.15) is 12.0 Å². The van der Waals surface area contributed by atoms with Crippen LogP contribution in [-0.2, 0) is 0 Å². The van der Waals surface area contributed by atoms with Crippen LogP contribution >= 0.6 is 0 Å². The molecular weight excluding hydrogens is 386 g/mol. The van der Waals surface area contributed by atoms with Crippen molar-refractivity contribution in [2.75, 3.05) is 44.2 Å². The SMILES string of the molecule is CCN(CC)C(=O)c1ccc(C(=O)N2CCN(c3ccc([N+](=O)[O-])cn3)CC2)cc1. The summed E-state index contributed by atoms with van der Waals surface area (Å²) in [6, 6.07) is 9.85. The maximum atomic E-state index is 12.8. The van der Waals surface area contributed by atoms with Gasteiger partial charge >= 0.3 is 0 Å². The normalized spacial score (nSPS) is 13.8. The van der Waals surface area contributed by atoms with Crippen molar-refractivity contribution >= 4 is 23.3 Å². The molecule has 0 radical (unpaired) electrons. The van der Waals surface area contributed by atoms with E-state index in [0.29, 0.717) is 56.2 Å². The number of nitrogens with zero attached hydrogens (tertiary/aromatic N) is 5. The van der Waals surface area contributed by atoms with Gasteiger partial charge in [-0.15, -0.1) is 0 Å². The van der Waals surface area contributed by atoms with E-state index in [1.54, 1.807) is 40.1 Å². The van der Waals surface area contributed by atoms with Gasteiger partial charge in [-0.3, -0.25) is 19.7 Å². The van der Waals surface area contributed by atoms with Crippen LogP contribution in [0.5, 0.6) is 0 Å². The molecule has 0 aliphatic carbocycles. The molecule has 0 unspecified atom stereocenters. The molecule has 0 saturated carbocycles. The minimum Gasteiger partial charge on any atom is -0.353 e. The van der Waals surface area contributed by atoms with Crippen LogP contribution in [-0.4, -0.2) is 70.8 Å². The van der Waals surface area contributed by atoms with Gasteiger partial charge in [0, 0.05) is 56.5 Å². The Morgan fingerprint density at radius 3 is 2.10 bits per heavy atom. The molecular formula is C21H25N5O4. The molecule has 0 spiro atoms. The zero-order valence-corrected chi connectivity index (χ0v) is 17.2. The molecule has 1 fully saturated rings. The summed E-state index contributed by atoms with van der Waals surface area (Å²) in [4.78, 5) is 45.1. The number of amides is 2. The second kappa shape index (κ2) is 9.34. The summed E-state index contributed by atoms with van der Waals surface area (Å²) in [5, 5.41) is 10.8. The van der Waals surface area contributed by atoms with Gasteiger partial charge < -0.3 is 14.7 Å². The lowest BCUT2D eigenvalue weighted by atomic mass is 10.1. The second-order valence-electron chi connectivity index (χ2n) is 6.97. The molecule has 2 amide bonds. The molecule has 30 heavy (non-hydrogen) atoms. The summed E-state index contributed by atoms with van der Waals surface area (Å²) in [5.41, 5.74) is 1.08. The summed E-state index contributed by atoms with van der Waals surface area (Å²) >= 11 is 0. The Kier molecular flexibility index (Phi) is 6.61. The predicted molar refractivity (Wildman–Crippen MR) is 113 cm³/mol. The number of hydrogen-bond donors (Lipinski definition) is 0. The Morgan fingerprint density at radius 2 is 1.60 bits per heavy atom. The molecule has 1 aliphatic rings. The molecule has 2 aromatic rings. The lowest BCUT2D eigenvalue weighted by Crippen LogP contribution is -2.49. The lowest BCUT2D eigenvalue weighted by molar-refractivity contribution is -0.385. The maximum absolute atomic E-state index is 12.8. The van der Waals surface area contributed by atoms with E-state index < -0.39 is 4.92 Å².